The van der Waals surface area contributed by atoms with E-state index < -0.39 is 20.2 Å². The van der Waals surface area contributed by atoms with Crippen molar-refractivity contribution < 1.29 is 30.5 Å². The molecule has 0 spiro atoms. The first-order valence-electron chi connectivity index (χ1n) is 15.1. The second-order valence-corrected chi connectivity index (χ2v) is 14.5. The number of aromatic nitrogens is 6. The van der Waals surface area contributed by atoms with Gasteiger partial charge in [0.05, 0.1) is 36.1 Å². The van der Waals surface area contributed by atoms with Gasteiger partial charge in [0, 0.05) is 19.7 Å². The van der Waals surface area contributed by atoms with Gasteiger partial charge >= 0.3 is 5.65 Å². The highest BCUT2D eigenvalue weighted by Gasteiger charge is 2.32. The van der Waals surface area contributed by atoms with Crippen molar-refractivity contribution in [3.63, 3.8) is 0 Å². The van der Waals surface area contributed by atoms with Crippen LogP contribution in [0.5, 0.6) is 0 Å². The minimum absolute atomic E-state index is 0.278. The van der Waals surface area contributed by atoms with E-state index in [9.17, 15) is 25.9 Å². The number of aryl methyl sites for hydroxylation is 2. The lowest BCUT2D eigenvalue weighted by atomic mass is 10.3. The second kappa shape index (κ2) is 12.9. The Kier molecular flexibility index (Phi) is 8.93. The number of anilines is 2. The summed E-state index contributed by atoms with van der Waals surface area (Å²) in [6, 6.07) is 15.2. The van der Waals surface area contributed by atoms with Gasteiger partial charge in [-0.2, -0.15) is 16.8 Å². The molecule has 0 unspecified atom stereocenters. The normalized spacial score (nSPS) is 14.9. The van der Waals surface area contributed by atoms with Crippen molar-refractivity contribution in [3.05, 3.63) is 72.3 Å². The topological polar surface area (TPSA) is 176 Å². The van der Waals surface area contributed by atoms with E-state index in [0.29, 0.717) is 48.9 Å². The van der Waals surface area contributed by atoms with Crippen LogP contribution in [-0.4, -0.2) is 75.5 Å². The SMILES string of the molecule is CN1C(=CC=Cc2n(CCCCS(=O)(=O)O)c3nc4ccccc4nc3[n+]2C)N(CCCCS(=O)(=O)O)c2nc3ccccc3nc21. The number of rotatable bonds is 12. The summed E-state index contributed by atoms with van der Waals surface area (Å²) in [6.45, 7) is 0.892. The van der Waals surface area contributed by atoms with E-state index in [1.165, 1.54) is 0 Å². The third-order valence-electron chi connectivity index (χ3n) is 8.01. The summed E-state index contributed by atoms with van der Waals surface area (Å²) in [4.78, 5) is 23.4. The van der Waals surface area contributed by atoms with Crippen molar-refractivity contribution in [3.8, 4) is 0 Å². The Bertz CT molecular complexity index is 2270. The number of unbranched alkanes of at least 4 members (excludes halogenated alkanes) is 2. The van der Waals surface area contributed by atoms with E-state index in [1.807, 2.05) is 99.8 Å². The van der Waals surface area contributed by atoms with Gasteiger partial charge in [-0.05, 0) is 56.0 Å². The van der Waals surface area contributed by atoms with Crippen LogP contribution in [-0.2, 0) is 33.8 Å². The fourth-order valence-electron chi connectivity index (χ4n) is 5.74. The van der Waals surface area contributed by atoms with Gasteiger partial charge in [-0.3, -0.25) is 9.11 Å². The number of benzene rings is 2. The number of imidazole rings is 1. The van der Waals surface area contributed by atoms with Gasteiger partial charge in [-0.1, -0.05) is 35.3 Å². The fourth-order valence-corrected chi connectivity index (χ4v) is 6.88. The molecule has 1 aliphatic heterocycles. The lowest BCUT2D eigenvalue weighted by Gasteiger charge is -2.21. The highest BCUT2D eigenvalue weighted by molar-refractivity contribution is 7.86. The van der Waals surface area contributed by atoms with E-state index in [1.54, 1.807) is 0 Å². The van der Waals surface area contributed by atoms with Crippen LogP contribution in [0.4, 0.5) is 11.6 Å². The first kappa shape index (κ1) is 32.4. The number of fused-ring (bicyclic) bond motifs is 4. The van der Waals surface area contributed by atoms with E-state index in [4.69, 9.17) is 19.9 Å². The Hall–Kier alpha value is -4.51. The van der Waals surface area contributed by atoms with Crippen molar-refractivity contribution >= 4 is 71.3 Å². The van der Waals surface area contributed by atoms with Crippen LogP contribution in [0.1, 0.15) is 31.5 Å². The van der Waals surface area contributed by atoms with Gasteiger partial charge in [0.15, 0.2) is 17.2 Å². The molecule has 2 aromatic carbocycles. The molecule has 2 N–H and O–H groups in total. The van der Waals surface area contributed by atoms with Crippen LogP contribution in [0.25, 0.3) is 39.4 Å². The van der Waals surface area contributed by atoms with Crippen molar-refractivity contribution in [1.82, 2.24) is 24.5 Å². The first-order chi connectivity index (χ1) is 22.4. The Balaban J connectivity index is 1.37. The minimum Gasteiger partial charge on any atom is -0.312 e. The Morgan fingerprint density at radius 3 is 1.87 bits per heavy atom. The summed E-state index contributed by atoms with van der Waals surface area (Å²) in [5.41, 5.74) is 4.28. The molecule has 0 atom stereocenters. The highest BCUT2D eigenvalue weighted by Crippen LogP contribution is 2.39. The van der Waals surface area contributed by atoms with Crippen molar-refractivity contribution in [2.45, 2.75) is 32.2 Å². The van der Waals surface area contributed by atoms with Crippen molar-refractivity contribution in [2.24, 2.45) is 7.05 Å². The van der Waals surface area contributed by atoms with Gasteiger partial charge < -0.3 is 9.80 Å². The standard InChI is InChI=1S/C31H34N8O6S2/c1-36-26(38(18-7-9-20-46(40,41)42)30-28(36)32-22-12-3-5-14-24(22)34-30)16-11-17-27-37(2)29-31(35-25-15-6-4-13-23(25)33-29)39(27)19-8-10-21-47(43,44)45/h3-6,11-17H,7-10,18-21H2,1-2H3,(H-,40,41,42,43,44,45)/p+1. The van der Waals surface area contributed by atoms with Crippen molar-refractivity contribution in [1.29, 1.82) is 0 Å². The predicted molar refractivity (Wildman–Crippen MR) is 180 cm³/mol. The summed E-state index contributed by atoms with van der Waals surface area (Å²) < 4.78 is 67.6. The molecule has 6 rings (SSSR count). The molecule has 14 nitrogen and oxygen atoms in total. The van der Waals surface area contributed by atoms with Crippen LogP contribution in [0.3, 0.4) is 0 Å². The molecule has 0 saturated heterocycles. The number of para-hydroxylation sites is 4. The Morgan fingerprint density at radius 2 is 1.28 bits per heavy atom. The van der Waals surface area contributed by atoms with Crippen LogP contribution in [0, 0.1) is 0 Å². The van der Waals surface area contributed by atoms with Gasteiger partial charge in [0.1, 0.15) is 11.3 Å². The number of allylic oxidation sites excluding steroid dienone is 2. The molecule has 246 valence electrons. The van der Waals surface area contributed by atoms with Gasteiger partial charge in [-0.25, -0.2) is 24.1 Å². The third-order valence-corrected chi connectivity index (χ3v) is 9.62. The summed E-state index contributed by atoms with van der Waals surface area (Å²) >= 11 is 0. The summed E-state index contributed by atoms with van der Waals surface area (Å²) in [5.74, 6) is 2.22. The lowest BCUT2D eigenvalue weighted by Crippen LogP contribution is -2.32. The second-order valence-electron chi connectivity index (χ2n) is 11.4. The zero-order chi connectivity index (χ0) is 33.3. The van der Waals surface area contributed by atoms with Crippen LogP contribution in [0.15, 0.2) is 66.5 Å². The Labute approximate surface area is 272 Å². The summed E-state index contributed by atoms with van der Waals surface area (Å²) in [5, 5.41) is 0. The molecule has 0 fully saturated rings. The molecule has 3 aromatic heterocycles. The molecule has 0 aliphatic carbocycles. The third kappa shape index (κ3) is 7.10. The van der Waals surface area contributed by atoms with Gasteiger partial charge in [-0.15, -0.1) is 0 Å². The number of hydrogen-bond donors (Lipinski definition) is 2. The average Bonchev–Trinajstić information content (AvgIpc) is 3.42. The van der Waals surface area contributed by atoms with E-state index in [0.717, 1.165) is 33.7 Å². The maximum absolute atomic E-state index is 11.3. The molecular weight excluding hydrogens is 645 g/mol. The largest absolute Gasteiger partial charge is 0.322 e. The Morgan fingerprint density at radius 1 is 0.745 bits per heavy atom. The quantitative estimate of drug-likeness (QED) is 0.112. The average molecular weight is 680 g/mol. The molecule has 4 heterocycles. The first-order valence-corrected chi connectivity index (χ1v) is 18.3. The van der Waals surface area contributed by atoms with E-state index in [-0.39, 0.29) is 24.3 Å². The molecule has 1 aliphatic rings. The van der Waals surface area contributed by atoms with Crippen LogP contribution < -0.4 is 14.4 Å². The molecule has 5 aromatic rings. The summed E-state index contributed by atoms with van der Waals surface area (Å²) in [6.07, 6.45) is 7.27. The fraction of sp³-hybridized carbons (Fsp3) is 0.323. The molecule has 0 bridgehead atoms. The molecule has 0 saturated carbocycles. The monoisotopic (exact) mass is 679 g/mol. The van der Waals surface area contributed by atoms with Gasteiger partial charge in [0.2, 0.25) is 5.82 Å². The zero-order valence-corrected chi connectivity index (χ0v) is 27.6. The van der Waals surface area contributed by atoms with Crippen LogP contribution >= 0.6 is 0 Å². The summed E-state index contributed by atoms with van der Waals surface area (Å²) in [7, 11) is -4.34. The molecule has 16 heteroatoms. The van der Waals surface area contributed by atoms with Gasteiger partial charge in [0.25, 0.3) is 25.9 Å². The van der Waals surface area contributed by atoms with Crippen LogP contribution in [0.2, 0.25) is 0 Å². The predicted octanol–water partition coefficient (Wildman–Crippen LogP) is 3.50. The minimum atomic E-state index is -4.07. The van der Waals surface area contributed by atoms with E-state index >= 15 is 0 Å². The van der Waals surface area contributed by atoms with Crippen molar-refractivity contribution in [2.75, 3.05) is 34.9 Å². The van der Waals surface area contributed by atoms with E-state index in [2.05, 4.69) is 0 Å². The molecular formula is C31H35N8O6S2+. The number of hydrogen-bond acceptors (Lipinski definition) is 10. The smallest absolute Gasteiger partial charge is 0.312 e. The lowest BCUT2D eigenvalue weighted by molar-refractivity contribution is -0.649. The zero-order valence-electron chi connectivity index (χ0n) is 25.9. The molecule has 0 amide bonds. The molecule has 0 radical (unpaired) electrons. The number of nitrogens with zero attached hydrogens (tertiary/aromatic N) is 8. The maximum atomic E-state index is 11.3. The highest BCUT2D eigenvalue weighted by atomic mass is 32.2. The maximum Gasteiger partial charge on any atom is 0.322 e. The molecule has 47 heavy (non-hydrogen) atoms.